The highest BCUT2D eigenvalue weighted by atomic mass is 16.2. The highest BCUT2D eigenvalue weighted by molar-refractivity contribution is 6.05. The van der Waals surface area contributed by atoms with E-state index in [-0.39, 0.29) is 23.7 Å². The molecule has 1 heterocycles. The zero-order chi connectivity index (χ0) is 18.3. The quantitative estimate of drug-likeness (QED) is 0.797. The maximum atomic E-state index is 12.8. The molecule has 3 atom stereocenters. The maximum Gasteiger partial charge on any atom is 0.237 e. The van der Waals surface area contributed by atoms with Gasteiger partial charge in [-0.25, -0.2) is 4.90 Å². The molecule has 1 N–H and O–H groups in total. The van der Waals surface area contributed by atoms with Crippen LogP contribution in [0.25, 0.3) is 0 Å². The van der Waals surface area contributed by atoms with Crippen molar-refractivity contribution in [1.29, 1.82) is 0 Å². The van der Waals surface area contributed by atoms with Gasteiger partial charge in [-0.1, -0.05) is 51.0 Å². The summed E-state index contributed by atoms with van der Waals surface area (Å²) in [6, 6.07) is 9.45. The Hall–Kier alpha value is -1.68. The summed E-state index contributed by atoms with van der Waals surface area (Å²) in [6.07, 6.45) is 6.41. The highest BCUT2D eigenvalue weighted by Gasteiger charge is 2.50. The molecule has 2 aliphatic carbocycles. The summed E-state index contributed by atoms with van der Waals surface area (Å²) in [5.41, 5.74) is 2.66. The number of hydrogen-bond acceptors (Lipinski definition) is 2. The van der Waals surface area contributed by atoms with Gasteiger partial charge in [0.05, 0.1) is 17.9 Å². The van der Waals surface area contributed by atoms with Gasteiger partial charge in [-0.3, -0.25) is 9.59 Å². The molecule has 3 aliphatic rings. The van der Waals surface area contributed by atoms with E-state index in [1.54, 1.807) is 4.90 Å². The van der Waals surface area contributed by atoms with Crippen LogP contribution in [0.5, 0.6) is 0 Å². The van der Waals surface area contributed by atoms with Crippen LogP contribution in [0, 0.1) is 11.8 Å². The number of rotatable bonds is 6. The largest absolute Gasteiger partial charge is 0.311 e. The summed E-state index contributed by atoms with van der Waals surface area (Å²) in [5.74, 6) is 0.698. The second kappa shape index (κ2) is 7.15. The van der Waals surface area contributed by atoms with Crippen molar-refractivity contribution >= 4 is 11.8 Å². The minimum atomic E-state index is -0.0259. The molecule has 4 rings (SSSR count). The van der Waals surface area contributed by atoms with E-state index in [9.17, 15) is 9.59 Å². The minimum absolute atomic E-state index is 0.0259. The Kier molecular flexibility index (Phi) is 4.87. The van der Waals surface area contributed by atoms with Crippen molar-refractivity contribution in [3.63, 3.8) is 0 Å². The van der Waals surface area contributed by atoms with Gasteiger partial charge in [-0.05, 0) is 24.3 Å². The number of imide groups is 1. The number of hydrogen-bond donors (Lipinski definition) is 1. The van der Waals surface area contributed by atoms with Gasteiger partial charge in [0.1, 0.15) is 6.54 Å². The van der Waals surface area contributed by atoms with E-state index in [2.05, 4.69) is 38.1 Å². The Morgan fingerprint density at radius 3 is 2.04 bits per heavy atom. The number of carbonyl (C=O) groups is 2. The summed E-state index contributed by atoms with van der Waals surface area (Å²) >= 11 is 0. The van der Waals surface area contributed by atoms with Crippen LogP contribution in [0.3, 0.4) is 0 Å². The fourth-order valence-corrected chi connectivity index (χ4v) is 4.69. The first-order valence-electron chi connectivity index (χ1n) is 10.3. The Balaban J connectivity index is 1.45. The molecular formula is C22H31N2O2+. The van der Waals surface area contributed by atoms with Gasteiger partial charge in [0, 0.05) is 18.4 Å². The Bertz CT molecular complexity index is 654. The van der Waals surface area contributed by atoms with E-state index in [1.807, 2.05) is 0 Å². The number of nitrogens with zero attached hydrogens (tertiary/aromatic N) is 1. The molecule has 1 aromatic rings. The van der Waals surface area contributed by atoms with E-state index in [4.69, 9.17) is 0 Å². The molecule has 0 bridgehead atoms. The van der Waals surface area contributed by atoms with Gasteiger partial charge in [-0.15, -0.1) is 0 Å². The Morgan fingerprint density at radius 2 is 1.54 bits per heavy atom. The number of fused-ring (bicyclic) bond motifs is 1. The van der Waals surface area contributed by atoms with Crippen molar-refractivity contribution in [2.75, 3.05) is 6.67 Å². The van der Waals surface area contributed by atoms with E-state index in [0.29, 0.717) is 18.6 Å². The maximum absolute atomic E-state index is 12.8. The number of carbonyl (C=O) groups excluding carboxylic acids is 2. The lowest BCUT2D eigenvalue weighted by Crippen LogP contribution is -3.13. The molecule has 4 heteroatoms. The molecular weight excluding hydrogens is 324 g/mol. The molecule has 140 valence electrons. The molecule has 1 aromatic carbocycles. The highest BCUT2D eigenvalue weighted by Crippen LogP contribution is 2.37. The van der Waals surface area contributed by atoms with Crippen molar-refractivity contribution in [2.45, 2.75) is 70.9 Å². The molecule has 4 nitrogen and oxygen atoms in total. The average molecular weight is 356 g/mol. The van der Waals surface area contributed by atoms with Gasteiger partial charge in [0.2, 0.25) is 11.8 Å². The average Bonchev–Trinajstić information content (AvgIpc) is 3.46. The predicted octanol–water partition coefficient (Wildman–Crippen LogP) is 2.49. The minimum Gasteiger partial charge on any atom is -0.311 e. The van der Waals surface area contributed by atoms with Crippen LogP contribution in [0.2, 0.25) is 0 Å². The smallest absolute Gasteiger partial charge is 0.237 e. The van der Waals surface area contributed by atoms with E-state index in [0.717, 1.165) is 32.2 Å². The lowest BCUT2D eigenvalue weighted by molar-refractivity contribution is -0.932. The molecule has 1 unspecified atom stereocenters. The number of nitrogens with one attached hydrogen (secondary N) is 1. The van der Waals surface area contributed by atoms with Crippen molar-refractivity contribution in [2.24, 2.45) is 11.8 Å². The van der Waals surface area contributed by atoms with Crippen LogP contribution >= 0.6 is 0 Å². The number of amides is 2. The fraction of sp³-hybridized carbons (Fsp3) is 0.636. The number of quaternary nitrogens is 1. The van der Waals surface area contributed by atoms with E-state index >= 15 is 0 Å². The fourth-order valence-electron chi connectivity index (χ4n) is 4.69. The zero-order valence-electron chi connectivity index (χ0n) is 16.0. The number of likely N-dealkylation sites (tertiary alicyclic amines) is 1. The van der Waals surface area contributed by atoms with Crippen molar-refractivity contribution in [3.05, 3.63) is 35.4 Å². The van der Waals surface area contributed by atoms with Crippen LogP contribution in [-0.4, -0.2) is 29.4 Å². The first kappa shape index (κ1) is 17.7. The van der Waals surface area contributed by atoms with Crippen LogP contribution in [0.1, 0.15) is 69.4 Å². The summed E-state index contributed by atoms with van der Waals surface area (Å²) in [4.78, 5) is 28.6. The molecule has 3 fully saturated rings. The van der Waals surface area contributed by atoms with Crippen LogP contribution in [-0.2, 0) is 16.1 Å². The van der Waals surface area contributed by atoms with Gasteiger partial charge >= 0.3 is 0 Å². The standard InChI is InChI=1S/C22H30N2O2/c1-15(2)17-9-7-16(8-10-17)13-23(18-11-12-18)14-24-21(25)19-5-3-4-6-20(19)22(24)26/h7-10,15,18-20H,3-6,11-14H2,1-2H3/p+1/t19-,20-/m0/s1. The summed E-state index contributed by atoms with van der Waals surface area (Å²) < 4.78 is 0. The van der Waals surface area contributed by atoms with Crippen molar-refractivity contribution in [3.8, 4) is 0 Å². The molecule has 2 saturated carbocycles. The lowest BCUT2D eigenvalue weighted by Gasteiger charge is -2.24. The summed E-state index contributed by atoms with van der Waals surface area (Å²) in [6.45, 7) is 5.87. The third-order valence-corrected chi connectivity index (χ3v) is 6.53. The first-order chi connectivity index (χ1) is 12.5. The van der Waals surface area contributed by atoms with Gasteiger partial charge < -0.3 is 4.90 Å². The van der Waals surface area contributed by atoms with Gasteiger partial charge in [0.15, 0.2) is 6.67 Å². The SMILES string of the molecule is CC(C)c1ccc(C[NH+](CN2C(=O)[C@H]3CCCC[C@@H]3C2=O)C2CC2)cc1. The summed E-state index contributed by atoms with van der Waals surface area (Å²) in [7, 11) is 0. The topological polar surface area (TPSA) is 41.8 Å². The lowest BCUT2D eigenvalue weighted by atomic mass is 9.81. The Labute approximate surface area is 156 Å². The first-order valence-corrected chi connectivity index (χ1v) is 10.3. The summed E-state index contributed by atoms with van der Waals surface area (Å²) in [5, 5.41) is 0. The number of benzene rings is 1. The predicted molar refractivity (Wildman–Crippen MR) is 100 cm³/mol. The third-order valence-electron chi connectivity index (χ3n) is 6.53. The normalized spacial score (nSPS) is 27.1. The monoisotopic (exact) mass is 355 g/mol. The zero-order valence-corrected chi connectivity index (χ0v) is 16.0. The third kappa shape index (κ3) is 3.44. The van der Waals surface area contributed by atoms with Gasteiger partial charge in [0.25, 0.3) is 0 Å². The molecule has 2 amide bonds. The molecule has 1 saturated heterocycles. The second-order valence-electron chi connectivity index (χ2n) is 8.77. The van der Waals surface area contributed by atoms with E-state index < -0.39 is 0 Å². The van der Waals surface area contributed by atoms with Gasteiger partial charge in [-0.2, -0.15) is 0 Å². The van der Waals surface area contributed by atoms with E-state index in [1.165, 1.54) is 28.9 Å². The van der Waals surface area contributed by atoms with Crippen LogP contribution in [0.15, 0.2) is 24.3 Å². The molecule has 1 aliphatic heterocycles. The van der Waals surface area contributed by atoms with Crippen LogP contribution < -0.4 is 4.90 Å². The molecule has 0 radical (unpaired) electrons. The molecule has 0 aromatic heterocycles. The van der Waals surface area contributed by atoms with Crippen molar-refractivity contribution < 1.29 is 14.5 Å². The van der Waals surface area contributed by atoms with Crippen molar-refractivity contribution in [1.82, 2.24) is 4.90 Å². The van der Waals surface area contributed by atoms with Crippen LogP contribution in [0.4, 0.5) is 0 Å². The Morgan fingerprint density at radius 1 is 0.962 bits per heavy atom. The second-order valence-corrected chi connectivity index (χ2v) is 8.77. The molecule has 26 heavy (non-hydrogen) atoms. The molecule has 0 spiro atoms.